The highest BCUT2D eigenvalue weighted by Gasteiger charge is 2.13. The van der Waals surface area contributed by atoms with E-state index >= 15 is 0 Å². The summed E-state index contributed by atoms with van der Waals surface area (Å²) < 4.78 is 37.3. The van der Waals surface area contributed by atoms with Crippen LogP contribution in [-0.2, 0) is 0 Å². The zero-order chi connectivity index (χ0) is 9.14. The Morgan fingerprint density at radius 2 is 2.00 bits per heavy atom. The number of hydrogen-bond acceptors (Lipinski definition) is 1. The van der Waals surface area contributed by atoms with Crippen molar-refractivity contribution in [2.24, 2.45) is 5.73 Å². The van der Waals surface area contributed by atoms with Gasteiger partial charge in [0.15, 0.2) is 11.6 Å². The molecule has 1 nitrogen and oxygen atoms in total. The van der Waals surface area contributed by atoms with E-state index in [4.69, 9.17) is 5.73 Å². The van der Waals surface area contributed by atoms with Crippen LogP contribution in [0, 0.1) is 11.6 Å². The molecule has 0 saturated heterocycles. The largest absolute Gasteiger partial charge is 0.322 e. The second-order valence-electron chi connectivity index (χ2n) is 2.40. The fourth-order valence-electron chi connectivity index (χ4n) is 0.890. The molecule has 0 aliphatic carbocycles. The molecule has 0 aliphatic rings. The minimum absolute atomic E-state index is 0.127. The van der Waals surface area contributed by atoms with Crippen LogP contribution in [0.2, 0.25) is 0 Å². The summed E-state index contributed by atoms with van der Waals surface area (Å²) >= 11 is 0. The Kier molecular flexibility index (Phi) is 2.70. The van der Waals surface area contributed by atoms with Crippen molar-refractivity contribution in [1.29, 1.82) is 0 Å². The van der Waals surface area contributed by atoms with E-state index in [0.717, 1.165) is 6.07 Å². The normalized spacial score (nSPS) is 13.0. The van der Waals surface area contributed by atoms with Gasteiger partial charge in [-0.3, -0.25) is 0 Å². The van der Waals surface area contributed by atoms with E-state index in [9.17, 15) is 13.2 Å². The van der Waals surface area contributed by atoms with Gasteiger partial charge in [-0.15, -0.1) is 0 Å². The molecule has 0 bridgehead atoms. The summed E-state index contributed by atoms with van der Waals surface area (Å²) in [5.41, 5.74) is 5.06. The third kappa shape index (κ3) is 1.58. The van der Waals surface area contributed by atoms with Gasteiger partial charge in [-0.25, -0.2) is 13.2 Å². The highest BCUT2D eigenvalue weighted by atomic mass is 19.2. The minimum Gasteiger partial charge on any atom is -0.322 e. The van der Waals surface area contributed by atoms with Gasteiger partial charge >= 0.3 is 0 Å². The van der Waals surface area contributed by atoms with E-state index in [-0.39, 0.29) is 5.56 Å². The summed E-state index contributed by atoms with van der Waals surface area (Å²) in [6, 6.07) is 2.44. The number of benzene rings is 1. The van der Waals surface area contributed by atoms with Crippen LogP contribution >= 0.6 is 0 Å². The molecule has 0 amide bonds. The maximum atomic E-state index is 12.8. The highest BCUT2D eigenvalue weighted by Crippen LogP contribution is 2.17. The Balaban J connectivity index is 3.07. The van der Waals surface area contributed by atoms with Crippen LogP contribution in [0.25, 0.3) is 0 Å². The summed E-state index contributed by atoms with van der Waals surface area (Å²) in [5.74, 6) is -2.07. The molecule has 0 radical (unpaired) electrons. The first-order chi connectivity index (χ1) is 5.66. The third-order valence-corrected chi connectivity index (χ3v) is 1.55. The Labute approximate surface area is 68.0 Å². The predicted molar refractivity (Wildman–Crippen MR) is 39.3 cm³/mol. The van der Waals surface area contributed by atoms with Gasteiger partial charge in [-0.05, 0) is 6.07 Å². The van der Waals surface area contributed by atoms with Crippen molar-refractivity contribution in [3.05, 3.63) is 35.4 Å². The molecule has 0 aromatic heterocycles. The highest BCUT2D eigenvalue weighted by molar-refractivity contribution is 5.22. The molecule has 0 spiro atoms. The molecule has 0 saturated carbocycles. The average molecular weight is 175 g/mol. The maximum Gasteiger partial charge on any atom is 0.163 e. The first kappa shape index (κ1) is 9.06. The van der Waals surface area contributed by atoms with Gasteiger partial charge in [-0.2, -0.15) is 0 Å². The Hall–Kier alpha value is -1.03. The molecule has 2 N–H and O–H groups in total. The Bertz CT molecular complexity index is 275. The minimum atomic E-state index is -1.08. The van der Waals surface area contributed by atoms with E-state index in [1.807, 2.05) is 0 Å². The number of alkyl halides is 1. The lowest BCUT2D eigenvalue weighted by atomic mass is 10.1. The smallest absolute Gasteiger partial charge is 0.163 e. The summed E-state index contributed by atoms with van der Waals surface area (Å²) in [5, 5.41) is 0. The Morgan fingerprint density at radius 3 is 2.58 bits per heavy atom. The molecule has 4 heteroatoms. The SMILES string of the molecule is N[C@@H](CF)c1cccc(F)c1F. The van der Waals surface area contributed by atoms with Gasteiger partial charge in [-0.1, -0.05) is 12.1 Å². The molecule has 0 fully saturated rings. The molecule has 1 rings (SSSR count). The van der Waals surface area contributed by atoms with Gasteiger partial charge < -0.3 is 5.73 Å². The first-order valence-electron chi connectivity index (χ1n) is 3.42. The lowest BCUT2D eigenvalue weighted by Crippen LogP contribution is -2.14. The molecule has 12 heavy (non-hydrogen) atoms. The molecule has 66 valence electrons. The van der Waals surface area contributed by atoms with Gasteiger partial charge in [0.05, 0.1) is 6.04 Å². The Morgan fingerprint density at radius 1 is 1.33 bits per heavy atom. The van der Waals surface area contributed by atoms with Crippen molar-refractivity contribution >= 4 is 0 Å². The van der Waals surface area contributed by atoms with Gasteiger partial charge in [0, 0.05) is 5.56 Å². The van der Waals surface area contributed by atoms with Gasteiger partial charge in [0.2, 0.25) is 0 Å². The summed E-state index contributed by atoms with van der Waals surface area (Å²) in [7, 11) is 0. The molecular weight excluding hydrogens is 167 g/mol. The molecule has 0 heterocycles. The van der Waals surface area contributed by atoms with E-state index in [1.165, 1.54) is 12.1 Å². The van der Waals surface area contributed by atoms with E-state index in [1.54, 1.807) is 0 Å². The summed E-state index contributed by atoms with van der Waals surface area (Å²) in [6.07, 6.45) is 0. The van der Waals surface area contributed by atoms with Crippen molar-refractivity contribution < 1.29 is 13.2 Å². The number of halogens is 3. The van der Waals surface area contributed by atoms with Crippen LogP contribution in [0.5, 0.6) is 0 Å². The van der Waals surface area contributed by atoms with Crippen molar-refractivity contribution in [3.63, 3.8) is 0 Å². The standard InChI is InChI=1S/C8H8F3N/c9-4-7(12)5-2-1-3-6(10)8(5)11/h1-3,7H,4,12H2/t7-/m0/s1. The maximum absolute atomic E-state index is 12.8. The lowest BCUT2D eigenvalue weighted by Gasteiger charge is -2.08. The molecule has 1 aromatic carbocycles. The average Bonchev–Trinajstić information content (AvgIpc) is 2.08. The zero-order valence-corrected chi connectivity index (χ0v) is 6.23. The second kappa shape index (κ2) is 3.58. The van der Waals surface area contributed by atoms with Crippen molar-refractivity contribution in [3.8, 4) is 0 Å². The zero-order valence-electron chi connectivity index (χ0n) is 6.23. The molecule has 1 aromatic rings. The van der Waals surface area contributed by atoms with Crippen molar-refractivity contribution in [1.82, 2.24) is 0 Å². The number of hydrogen-bond donors (Lipinski definition) is 1. The molecule has 1 atom stereocenters. The van der Waals surface area contributed by atoms with E-state index in [0.29, 0.717) is 0 Å². The molecular formula is C8H8F3N. The second-order valence-corrected chi connectivity index (χ2v) is 2.40. The van der Waals surface area contributed by atoms with Crippen LogP contribution in [0.4, 0.5) is 13.2 Å². The monoisotopic (exact) mass is 175 g/mol. The van der Waals surface area contributed by atoms with Crippen LogP contribution in [-0.4, -0.2) is 6.67 Å². The van der Waals surface area contributed by atoms with Gasteiger partial charge in [0.25, 0.3) is 0 Å². The fourth-order valence-corrected chi connectivity index (χ4v) is 0.890. The van der Waals surface area contributed by atoms with Crippen LogP contribution < -0.4 is 5.73 Å². The van der Waals surface area contributed by atoms with Crippen LogP contribution in [0.3, 0.4) is 0 Å². The first-order valence-corrected chi connectivity index (χ1v) is 3.42. The molecule has 0 unspecified atom stereocenters. The third-order valence-electron chi connectivity index (χ3n) is 1.55. The van der Waals surface area contributed by atoms with Crippen molar-refractivity contribution in [2.45, 2.75) is 6.04 Å². The number of rotatable bonds is 2. The van der Waals surface area contributed by atoms with Gasteiger partial charge in [0.1, 0.15) is 6.67 Å². The van der Waals surface area contributed by atoms with Crippen molar-refractivity contribution in [2.75, 3.05) is 6.67 Å². The van der Waals surface area contributed by atoms with Crippen LogP contribution in [0.1, 0.15) is 11.6 Å². The lowest BCUT2D eigenvalue weighted by molar-refractivity contribution is 0.417. The molecule has 0 aliphatic heterocycles. The van der Waals surface area contributed by atoms with E-state index < -0.39 is 24.4 Å². The summed E-state index contributed by atoms with van der Waals surface area (Å²) in [4.78, 5) is 0. The number of nitrogens with two attached hydrogens (primary N) is 1. The topological polar surface area (TPSA) is 26.0 Å². The van der Waals surface area contributed by atoms with Crippen LogP contribution in [0.15, 0.2) is 18.2 Å². The predicted octanol–water partition coefficient (Wildman–Crippen LogP) is 1.93. The van der Waals surface area contributed by atoms with E-state index in [2.05, 4.69) is 0 Å². The quantitative estimate of drug-likeness (QED) is 0.730. The fraction of sp³-hybridized carbons (Fsp3) is 0.250. The summed E-state index contributed by atoms with van der Waals surface area (Å²) in [6.45, 7) is -0.902.